The Labute approximate surface area is 77.8 Å². The van der Waals surface area contributed by atoms with Crippen molar-refractivity contribution in [3.63, 3.8) is 0 Å². The zero-order chi connectivity index (χ0) is 9.68. The first-order valence-electron chi connectivity index (χ1n) is 4.25. The smallest absolute Gasteiger partial charge is 0.308 e. The number of hydrogen-bond donors (Lipinski definition) is 0. The lowest BCUT2D eigenvalue weighted by Crippen LogP contribution is -2.11. The summed E-state index contributed by atoms with van der Waals surface area (Å²) in [6.07, 6.45) is 3.38. The highest BCUT2D eigenvalue weighted by molar-refractivity contribution is 5.71. The van der Waals surface area contributed by atoms with Gasteiger partial charge in [0.1, 0.15) is 6.61 Å². The Morgan fingerprint density at radius 2 is 2.38 bits per heavy atom. The molecule has 0 N–H and O–H groups in total. The van der Waals surface area contributed by atoms with Crippen LogP contribution in [0.1, 0.15) is 19.4 Å². The third-order valence-electron chi connectivity index (χ3n) is 1.58. The highest BCUT2D eigenvalue weighted by Gasteiger charge is 2.07. The van der Waals surface area contributed by atoms with E-state index < -0.39 is 0 Å². The molecule has 0 aliphatic carbocycles. The van der Waals surface area contributed by atoms with Gasteiger partial charge in [0.25, 0.3) is 0 Å². The van der Waals surface area contributed by atoms with Gasteiger partial charge in [0.05, 0.1) is 5.92 Å². The van der Waals surface area contributed by atoms with Gasteiger partial charge >= 0.3 is 5.97 Å². The van der Waals surface area contributed by atoms with Crippen LogP contribution in [0.5, 0.6) is 0 Å². The molecule has 0 amide bonds. The van der Waals surface area contributed by atoms with Crippen LogP contribution in [0.4, 0.5) is 0 Å². The molecule has 0 aliphatic heterocycles. The van der Waals surface area contributed by atoms with Gasteiger partial charge in [-0.25, -0.2) is 0 Å². The van der Waals surface area contributed by atoms with E-state index in [0.29, 0.717) is 6.61 Å². The molecule has 3 nitrogen and oxygen atoms in total. The standard InChI is InChI=1S/C10H13NO2/c1-8(2)10(12)13-7-9-4-3-5-11-6-9/h3-6,8H,7H2,1-2H3. The molecule has 0 saturated carbocycles. The Morgan fingerprint density at radius 1 is 1.62 bits per heavy atom. The Morgan fingerprint density at radius 3 is 2.92 bits per heavy atom. The summed E-state index contributed by atoms with van der Waals surface area (Å²) in [5.74, 6) is -0.250. The second-order valence-electron chi connectivity index (χ2n) is 3.12. The van der Waals surface area contributed by atoms with E-state index in [-0.39, 0.29) is 11.9 Å². The number of carbonyl (C=O) groups excluding carboxylic acids is 1. The maximum atomic E-state index is 11.1. The van der Waals surface area contributed by atoms with Crippen LogP contribution in [0.25, 0.3) is 0 Å². The van der Waals surface area contributed by atoms with E-state index >= 15 is 0 Å². The number of esters is 1. The average Bonchev–Trinajstić information content (AvgIpc) is 2.15. The molecule has 0 radical (unpaired) electrons. The van der Waals surface area contributed by atoms with Gasteiger partial charge in [-0.1, -0.05) is 19.9 Å². The van der Waals surface area contributed by atoms with Crippen LogP contribution >= 0.6 is 0 Å². The van der Waals surface area contributed by atoms with Crippen LogP contribution in [0.3, 0.4) is 0 Å². The molecule has 0 bridgehead atoms. The summed E-state index contributed by atoms with van der Waals surface area (Å²) < 4.78 is 5.01. The Kier molecular flexibility index (Phi) is 3.43. The quantitative estimate of drug-likeness (QED) is 0.664. The molecular formula is C10H13NO2. The Hall–Kier alpha value is -1.38. The lowest BCUT2D eigenvalue weighted by Gasteiger charge is -2.06. The molecule has 1 aromatic rings. The summed E-state index contributed by atoms with van der Waals surface area (Å²) in [7, 11) is 0. The van der Waals surface area contributed by atoms with Gasteiger partial charge < -0.3 is 4.74 Å². The van der Waals surface area contributed by atoms with Gasteiger partial charge in [0.15, 0.2) is 0 Å². The molecule has 0 aliphatic rings. The van der Waals surface area contributed by atoms with Crippen molar-refractivity contribution in [2.24, 2.45) is 5.92 Å². The van der Waals surface area contributed by atoms with Gasteiger partial charge in [0, 0.05) is 18.0 Å². The molecule has 1 aromatic heterocycles. The summed E-state index contributed by atoms with van der Waals surface area (Å²) in [6.45, 7) is 3.93. The van der Waals surface area contributed by atoms with Crippen molar-refractivity contribution in [3.05, 3.63) is 30.1 Å². The van der Waals surface area contributed by atoms with E-state index in [0.717, 1.165) is 5.56 Å². The van der Waals surface area contributed by atoms with Crippen molar-refractivity contribution in [2.45, 2.75) is 20.5 Å². The Bertz CT molecular complexity index is 270. The van der Waals surface area contributed by atoms with E-state index in [1.165, 1.54) is 0 Å². The zero-order valence-electron chi connectivity index (χ0n) is 7.86. The third-order valence-corrected chi connectivity index (χ3v) is 1.58. The molecule has 0 unspecified atom stereocenters. The molecule has 0 aromatic carbocycles. The first-order valence-corrected chi connectivity index (χ1v) is 4.25. The summed E-state index contributed by atoms with van der Waals surface area (Å²) in [5.41, 5.74) is 0.913. The summed E-state index contributed by atoms with van der Waals surface area (Å²) in [6, 6.07) is 3.69. The number of pyridine rings is 1. The second kappa shape index (κ2) is 4.60. The topological polar surface area (TPSA) is 39.2 Å². The molecule has 0 saturated heterocycles. The molecule has 1 rings (SSSR count). The van der Waals surface area contributed by atoms with Gasteiger partial charge in [0.2, 0.25) is 0 Å². The highest BCUT2D eigenvalue weighted by Crippen LogP contribution is 2.02. The van der Waals surface area contributed by atoms with E-state index in [1.807, 2.05) is 26.0 Å². The summed E-state index contributed by atoms with van der Waals surface area (Å²) >= 11 is 0. The minimum Gasteiger partial charge on any atom is -0.461 e. The maximum absolute atomic E-state index is 11.1. The van der Waals surface area contributed by atoms with Crippen molar-refractivity contribution in [1.29, 1.82) is 0 Å². The molecule has 3 heteroatoms. The van der Waals surface area contributed by atoms with Crippen molar-refractivity contribution in [2.75, 3.05) is 0 Å². The lowest BCUT2D eigenvalue weighted by atomic mass is 10.2. The van der Waals surface area contributed by atoms with E-state index in [2.05, 4.69) is 4.98 Å². The van der Waals surface area contributed by atoms with Gasteiger partial charge in [-0.15, -0.1) is 0 Å². The summed E-state index contributed by atoms with van der Waals surface area (Å²) in [5, 5.41) is 0. The molecule has 0 atom stereocenters. The number of aromatic nitrogens is 1. The van der Waals surface area contributed by atoms with Crippen molar-refractivity contribution < 1.29 is 9.53 Å². The van der Waals surface area contributed by atoms with Crippen molar-refractivity contribution in [1.82, 2.24) is 4.98 Å². The first-order chi connectivity index (χ1) is 6.20. The fourth-order valence-electron chi connectivity index (χ4n) is 0.805. The monoisotopic (exact) mass is 179 g/mol. The molecule has 0 spiro atoms. The molecule has 1 heterocycles. The van der Waals surface area contributed by atoms with Crippen molar-refractivity contribution in [3.8, 4) is 0 Å². The first kappa shape index (κ1) is 9.71. The third kappa shape index (κ3) is 3.23. The number of hydrogen-bond acceptors (Lipinski definition) is 3. The highest BCUT2D eigenvalue weighted by atomic mass is 16.5. The fourth-order valence-corrected chi connectivity index (χ4v) is 0.805. The maximum Gasteiger partial charge on any atom is 0.308 e. The van der Waals surface area contributed by atoms with Gasteiger partial charge in [-0.3, -0.25) is 9.78 Å². The van der Waals surface area contributed by atoms with Crippen LogP contribution < -0.4 is 0 Å². The SMILES string of the molecule is CC(C)C(=O)OCc1cccnc1. The number of carbonyl (C=O) groups is 1. The molecule has 0 fully saturated rings. The normalized spacial score (nSPS) is 10.1. The minimum atomic E-state index is -0.177. The minimum absolute atomic E-state index is 0.0725. The average molecular weight is 179 g/mol. The van der Waals surface area contributed by atoms with Crippen molar-refractivity contribution >= 4 is 5.97 Å². The number of ether oxygens (including phenoxy) is 1. The largest absolute Gasteiger partial charge is 0.461 e. The van der Waals surface area contributed by atoms with Crippen LogP contribution in [-0.4, -0.2) is 11.0 Å². The van der Waals surface area contributed by atoms with Crippen LogP contribution in [-0.2, 0) is 16.1 Å². The van der Waals surface area contributed by atoms with E-state index in [4.69, 9.17) is 4.74 Å². The van der Waals surface area contributed by atoms with E-state index in [1.54, 1.807) is 12.4 Å². The second-order valence-corrected chi connectivity index (χ2v) is 3.12. The predicted molar refractivity (Wildman–Crippen MR) is 48.9 cm³/mol. The number of rotatable bonds is 3. The zero-order valence-corrected chi connectivity index (χ0v) is 7.86. The van der Waals surface area contributed by atoms with Crippen LogP contribution in [0.15, 0.2) is 24.5 Å². The number of nitrogens with zero attached hydrogens (tertiary/aromatic N) is 1. The van der Waals surface area contributed by atoms with E-state index in [9.17, 15) is 4.79 Å². The fraction of sp³-hybridized carbons (Fsp3) is 0.400. The van der Waals surface area contributed by atoms with Crippen LogP contribution in [0.2, 0.25) is 0 Å². The molecule has 70 valence electrons. The molecule has 13 heavy (non-hydrogen) atoms. The van der Waals surface area contributed by atoms with Gasteiger partial charge in [-0.05, 0) is 6.07 Å². The Balaban J connectivity index is 2.40. The van der Waals surface area contributed by atoms with Crippen LogP contribution in [0, 0.1) is 5.92 Å². The predicted octanol–water partition coefficient (Wildman–Crippen LogP) is 1.78. The summed E-state index contributed by atoms with van der Waals surface area (Å²) in [4.78, 5) is 15.0. The molecular weight excluding hydrogens is 166 g/mol. The van der Waals surface area contributed by atoms with Gasteiger partial charge in [-0.2, -0.15) is 0 Å². The lowest BCUT2D eigenvalue weighted by molar-refractivity contribution is -0.148.